The third-order valence-electron chi connectivity index (χ3n) is 10.5. The van der Waals surface area contributed by atoms with Crippen molar-refractivity contribution < 1.29 is 0 Å². The van der Waals surface area contributed by atoms with E-state index in [2.05, 4.69) is 119 Å². The number of benzene rings is 5. The van der Waals surface area contributed by atoms with Crippen LogP contribution in [0.15, 0.2) is 139 Å². The molecule has 1 atom stereocenters. The molecule has 0 saturated carbocycles. The second-order valence-corrected chi connectivity index (χ2v) is 13.5. The molecule has 1 unspecified atom stereocenters. The maximum absolute atomic E-state index is 10.5. The molecule has 7 aromatic rings. The Morgan fingerprint density at radius 1 is 0.615 bits per heavy atom. The molecule has 5 nitrogen and oxygen atoms in total. The Kier molecular flexibility index (Phi) is 7.32. The van der Waals surface area contributed by atoms with Crippen LogP contribution in [0, 0.1) is 34.0 Å². The fraction of sp³-hybridized carbons (Fsp3) is 0.0851. The SMILES string of the molecule is CC1CC=Cc2c1n(-c1cccc(-c3ccc(C4=C(n5c6ccccc6c6ccc(C#N)cc65)CC=CC=C4C#N)cc3)c1)c1ccc(C#N)cc21. The summed E-state index contributed by atoms with van der Waals surface area (Å²) in [4.78, 5) is 0. The van der Waals surface area contributed by atoms with Crippen molar-refractivity contribution in [2.75, 3.05) is 0 Å². The molecule has 2 heterocycles. The highest BCUT2D eigenvalue weighted by atomic mass is 15.0. The molecule has 0 amide bonds. The molecule has 2 aliphatic rings. The molecule has 0 saturated heterocycles. The number of aromatic nitrogens is 2. The number of para-hydroxylation sites is 1. The number of hydrogen-bond donors (Lipinski definition) is 0. The van der Waals surface area contributed by atoms with Gasteiger partial charge in [0.25, 0.3) is 0 Å². The zero-order chi connectivity index (χ0) is 35.3. The van der Waals surface area contributed by atoms with Gasteiger partial charge in [-0.1, -0.05) is 91.9 Å². The van der Waals surface area contributed by atoms with Crippen LogP contribution in [0.3, 0.4) is 0 Å². The first-order valence-corrected chi connectivity index (χ1v) is 17.5. The van der Waals surface area contributed by atoms with Crippen molar-refractivity contribution >= 4 is 50.1 Å². The molecule has 0 bridgehead atoms. The van der Waals surface area contributed by atoms with Crippen molar-refractivity contribution in [3.05, 3.63) is 167 Å². The molecule has 5 heteroatoms. The quantitative estimate of drug-likeness (QED) is 0.188. The fourth-order valence-electron chi connectivity index (χ4n) is 8.13. The van der Waals surface area contributed by atoms with Crippen LogP contribution in [0.25, 0.3) is 66.9 Å². The van der Waals surface area contributed by atoms with E-state index in [1.165, 1.54) is 11.3 Å². The summed E-state index contributed by atoms with van der Waals surface area (Å²) in [5, 5.41) is 33.2. The van der Waals surface area contributed by atoms with E-state index in [1.807, 2.05) is 54.6 Å². The predicted molar refractivity (Wildman–Crippen MR) is 210 cm³/mol. The van der Waals surface area contributed by atoms with Crippen molar-refractivity contribution in [2.45, 2.75) is 25.7 Å². The van der Waals surface area contributed by atoms with Crippen LogP contribution in [0.5, 0.6) is 0 Å². The molecular weight excluding hydrogens is 635 g/mol. The van der Waals surface area contributed by atoms with Crippen molar-refractivity contribution in [3.63, 3.8) is 0 Å². The second kappa shape index (κ2) is 12.3. The Morgan fingerprint density at radius 3 is 2.19 bits per heavy atom. The highest BCUT2D eigenvalue weighted by Gasteiger charge is 2.25. The molecule has 52 heavy (non-hydrogen) atoms. The van der Waals surface area contributed by atoms with Gasteiger partial charge in [0.1, 0.15) is 0 Å². The molecule has 0 spiro atoms. The van der Waals surface area contributed by atoms with Gasteiger partial charge in [0.2, 0.25) is 0 Å². The molecule has 244 valence electrons. The summed E-state index contributed by atoms with van der Waals surface area (Å²) in [6, 6.07) is 44.4. The van der Waals surface area contributed by atoms with Crippen LogP contribution in [-0.2, 0) is 0 Å². The number of rotatable bonds is 4. The molecule has 2 aromatic heterocycles. The van der Waals surface area contributed by atoms with Crippen molar-refractivity contribution in [3.8, 4) is 35.0 Å². The summed E-state index contributed by atoms with van der Waals surface area (Å²) >= 11 is 0. The highest BCUT2D eigenvalue weighted by Crippen LogP contribution is 2.42. The summed E-state index contributed by atoms with van der Waals surface area (Å²) in [6.07, 6.45) is 12.0. The molecule has 0 radical (unpaired) electrons. The maximum Gasteiger partial charge on any atom is 0.0998 e. The molecule has 2 aliphatic carbocycles. The molecule has 9 rings (SSSR count). The maximum atomic E-state index is 10.5. The molecule has 5 aromatic carbocycles. The second-order valence-electron chi connectivity index (χ2n) is 13.5. The first kappa shape index (κ1) is 30.9. The predicted octanol–water partition coefficient (Wildman–Crippen LogP) is 11.4. The largest absolute Gasteiger partial charge is 0.313 e. The standard InChI is InChI=1S/C47H31N5/c1-30-8-6-13-40-41-24-31(27-48)17-23-43(41)51(47(30)40)37-11-7-10-35(26-37)33-18-20-34(21-19-33)46-36(29-50)9-2-4-15-44(46)52-42-14-5-3-12-38(42)39-22-16-32(28-49)25-45(39)52/h2-7,9-14,16-26,30H,8,15H2,1H3. The molecule has 0 aliphatic heterocycles. The Hall–Kier alpha value is -7.13. The van der Waals surface area contributed by atoms with E-state index in [4.69, 9.17) is 0 Å². The summed E-state index contributed by atoms with van der Waals surface area (Å²) in [7, 11) is 0. The van der Waals surface area contributed by atoms with Crippen LogP contribution in [0.1, 0.15) is 53.6 Å². The number of nitriles is 3. The molecule has 0 fully saturated rings. The van der Waals surface area contributed by atoms with Gasteiger partial charge >= 0.3 is 0 Å². The highest BCUT2D eigenvalue weighted by molar-refractivity contribution is 6.12. The average molecular weight is 666 g/mol. The van der Waals surface area contributed by atoms with E-state index in [9.17, 15) is 15.8 Å². The van der Waals surface area contributed by atoms with Crippen molar-refractivity contribution in [1.29, 1.82) is 15.8 Å². The molecule has 0 N–H and O–H groups in total. The van der Waals surface area contributed by atoms with Gasteiger partial charge in [-0.15, -0.1) is 0 Å². The van der Waals surface area contributed by atoms with Crippen LogP contribution in [0.4, 0.5) is 0 Å². The van der Waals surface area contributed by atoms with Crippen molar-refractivity contribution in [1.82, 2.24) is 9.13 Å². The van der Waals surface area contributed by atoms with E-state index in [0.29, 0.717) is 29.0 Å². The molecular formula is C47H31N5. The summed E-state index contributed by atoms with van der Waals surface area (Å²) in [5.41, 5.74) is 13.4. The van der Waals surface area contributed by atoms with Gasteiger partial charge in [-0.2, -0.15) is 15.8 Å². The normalized spacial score (nSPS) is 15.3. The van der Waals surface area contributed by atoms with Crippen LogP contribution in [-0.4, -0.2) is 9.13 Å². The van der Waals surface area contributed by atoms with E-state index in [0.717, 1.165) is 72.8 Å². The van der Waals surface area contributed by atoms with Gasteiger partial charge in [0, 0.05) is 56.7 Å². The van der Waals surface area contributed by atoms with Crippen LogP contribution >= 0.6 is 0 Å². The van der Waals surface area contributed by atoms with E-state index in [1.54, 1.807) is 0 Å². The average Bonchev–Trinajstić information content (AvgIpc) is 3.61. The minimum Gasteiger partial charge on any atom is -0.313 e. The van der Waals surface area contributed by atoms with Crippen LogP contribution < -0.4 is 0 Å². The number of nitrogens with zero attached hydrogens (tertiary/aromatic N) is 5. The Morgan fingerprint density at radius 2 is 1.37 bits per heavy atom. The first-order valence-electron chi connectivity index (χ1n) is 17.5. The first-order chi connectivity index (χ1) is 25.6. The number of hydrogen-bond acceptors (Lipinski definition) is 3. The topological polar surface area (TPSA) is 81.2 Å². The van der Waals surface area contributed by atoms with Gasteiger partial charge in [-0.3, -0.25) is 0 Å². The lowest BCUT2D eigenvalue weighted by Crippen LogP contribution is -2.07. The van der Waals surface area contributed by atoms with Gasteiger partial charge in [0.15, 0.2) is 0 Å². The lowest BCUT2D eigenvalue weighted by Gasteiger charge is -2.20. The summed E-state index contributed by atoms with van der Waals surface area (Å²) in [5.74, 6) is 0.334. The Bertz CT molecular complexity index is 2880. The monoisotopic (exact) mass is 665 g/mol. The fourth-order valence-corrected chi connectivity index (χ4v) is 8.13. The van der Waals surface area contributed by atoms with Gasteiger partial charge in [0.05, 0.1) is 51.5 Å². The Balaban J connectivity index is 1.19. The lowest BCUT2D eigenvalue weighted by molar-refractivity contribution is 0.723. The number of fused-ring (bicyclic) bond motifs is 6. The minimum atomic E-state index is 0.334. The summed E-state index contributed by atoms with van der Waals surface area (Å²) in [6.45, 7) is 2.27. The third-order valence-corrected chi connectivity index (χ3v) is 10.5. The Labute approximate surface area is 301 Å². The zero-order valence-corrected chi connectivity index (χ0v) is 28.5. The van der Waals surface area contributed by atoms with E-state index < -0.39 is 0 Å². The third kappa shape index (κ3) is 4.82. The minimum absolute atomic E-state index is 0.334. The smallest absolute Gasteiger partial charge is 0.0998 e. The van der Waals surface area contributed by atoms with E-state index in [-0.39, 0.29) is 0 Å². The summed E-state index contributed by atoms with van der Waals surface area (Å²) < 4.78 is 4.60. The van der Waals surface area contributed by atoms with E-state index >= 15 is 0 Å². The zero-order valence-electron chi connectivity index (χ0n) is 28.5. The van der Waals surface area contributed by atoms with Gasteiger partial charge in [-0.25, -0.2) is 0 Å². The van der Waals surface area contributed by atoms with Gasteiger partial charge in [-0.05, 0) is 77.7 Å². The van der Waals surface area contributed by atoms with Crippen LogP contribution in [0.2, 0.25) is 0 Å². The van der Waals surface area contributed by atoms with Crippen molar-refractivity contribution in [2.24, 2.45) is 0 Å². The van der Waals surface area contributed by atoms with Gasteiger partial charge < -0.3 is 9.13 Å². The lowest BCUT2D eigenvalue weighted by atomic mass is 9.93. The number of allylic oxidation sites excluding steroid dienone is 7.